The van der Waals surface area contributed by atoms with Gasteiger partial charge in [0.05, 0.1) is 23.3 Å². The predicted molar refractivity (Wildman–Crippen MR) is 86.8 cm³/mol. The topological polar surface area (TPSA) is 88.5 Å². The van der Waals surface area contributed by atoms with Gasteiger partial charge in [-0.15, -0.1) is 0 Å². The molecule has 1 amide bonds. The third kappa shape index (κ3) is 5.15. The fraction of sp³-hybridized carbons (Fsp3) is 0.235. The average Bonchev–Trinajstić information content (AvgIpc) is 2.60. The molecule has 12 heteroatoms. The number of pyridine rings is 1. The van der Waals surface area contributed by atoms with Gasteiger partial charge in [0.15, 0.2) is 0 Å². The predicted octanol–water partition coefficient (Wildman–Crippen LogP) is 4.47. The molecule has 2 aromatic rings. The standard InChI is InChI=1S/C17H12F6N2O4/c1-2-29-13-10(16(18,19)20)5-9(6-11(13)17(21,22)23)14(26)25-12-4-3-8(7-24-12)15(27)28/h3-7H,2H2,1H3,(H,27,28)(H,24,25,26). The summed E-state index contributed by atoms with van der Waals surface area (Å²) in [5.74, 6) is -4.31. The Morgan fingerprint density at radius 1 is 1.03 bits per heavy atom. The van der Waals surface area contributed by atoms with Crippen molar-refractivity contribution >= 4 is 17.7 Å². The van der Waals surface area contributed by atoms with Gasteiger partial charge in [-0.25, -0.2) is 9.78 Å². The normalized spacial score (nSPS) is 11.8. The fourth-order valence-corrected chi connectivity index (χ4v) is 2.26. The second-order valence-electron chi connectivity index (χ2n) is 5.52. The first-order valence-corrected chi connectivity index (χ1v) is 7.80. The van der Waals surface area contributed by atoms with E-state index in [2.05, 4.69) is 9.72 Å². The lowest BCUT2D eigenvalue weighted by Gasteiger charge is -2.20. The number of ether oxygens (including phenoxy) is 1. The number of benzene rings is 1. The lowest BCUT2D eigenvalue weighted by atomic mass is 10.0. The molecule has 6 nitrogen and oxygen atoms in total. The summed E-state index contributed by atoms with van der Waals surface area (Å²) in [5.41, 5.74) is -4.68. The summed E-state index contributed by atoms with van der Waals surface area (Å²) < 4.78 is 84.3. The van der Waals surface area contributed by atoms with E-state index in [0.717, 1.165) is 18.3 Å². The Balaban J connectivity index is 2.51. The number of halogens is 6. The van der Waals surface area contributed by atoms with Crippen molar-refractivity contribution in [3.63, 3.8) is 0 Å². The lowest BCUT2D eigenvalue weighted by Crippen LogP contribution is -2.20. The third-order valence-corrected chi connectivity index (χ3v) is 3.50. The van der Waals surface area contributed by atoms with Gasteiger partial charge >= 0.3 is 18.3 Å². The molecule has 1 aromatic carbocycles. The van der Waals surface area contributed by atoms with Crippen molar-refractivity contribution in [3.05, 3.63) is 52.7 Å². The van der Waals surface area contributed by atoms with Gasteiger partial charge in [0.25, 0.3) is 5.91 Å². The van der Waals surface area contributed by atoms with Gasteiger partial charge in [-0.1, -0.05) is 0 Å². The number of carboxylic acid groups (broad SMARTS) is 1. The van der Waals surface area contributed by atoms with Gasteiger partial charge in [-0.3, -0.25) is 4.79 Å². The van der Waals surface area contributed by atoms with Gasteiger partial charge in [0.1, 0.15) is 11.6 Å². The minimum Gasteiger partial charge on any atom is -0.493 e. The summed E-state index contributed by atoms with van der Waals surface area (Å²) in [6, 6.07) is 2.55. The van der Waals surface area contributed by atoms with Gasteiger partial charge < -0.3 is 15.2 Å². The number of aromatic carboxylic acids is 1. The van der Waals surface area contributed by atoms with Crippen LogP contribution in [0.5, 0.6) is 5.75 Å². The molecule has 0 aliphatic rings. The molecule has 2 rings (SSSR count). The van der Waals surface area contributed by atoms with E-state index < -0.39 is 53.3 Å². The Hall–Kier alpha value is -3.31. The zero-order valence-electron chi connectivity index (χ0n) is 14.5. The molecular formula is C17H12F6N2O4. The first-order chi connectivity index (χ1) is 13.3. The lowest BCUT2D eigenvalue weighted by molar-refractivity contribution is -0.145. The molecule has 0 saturated carbocycles. The summed E-state index contributed by atoms with van der Waals surface area (Å²) in [6.07, 6.45) is -9.58. The second kappa shape index (κ2) is 7.97. The quantitative estimate of drug-likeness (QED) is 0.695. The van der Waals surface area contributed by atoms with Crippen LogP contribution in [-0.2, 0) is 12.4 Å². The van der Waals surface area contributed by atoms with E-state index in [1.165, 1.54) is 6.92 Å². The van der Waals surface area contributed by atoms with Crippen LogP contribution in [-0.4, -0.2) is 28.6 Å². The van der Waals surface area contributed by atoms with E-state index >= 15 is 0 Å². The molecule has 2 N–H and O–H groups in total. The van der Waals surface area contributed by atoms with Crippen LogP contribution in [0.2, 0.25) is 0 Å². The van der Waals surface area contributed by atoms with E-state index in [4.69, 9.17) is 5.11 Å². The van der Waals surface area contributed by atoms with Crippen molar-refractivity contribution in [2.45, 2.75) is 19.3 Å². The maximum Gasteiger partial charge on any atom is 0.420 e. The van der Waals surface area contributed by atoms with Crippen molar-refractivity contribution in [3.8, 4) is 5.75 Å². The first kappa shape index (κ1) is 22.0. The zero-order chi connectivity index (χ0) is 22.0. The Morgan fingerprint density at radius 2 is 1.59 bits per heavy atom. The molecule has 0 fully saturated rings. The van der Waals surface area contributed by atoms with Crippen LogP contribution in [0, 0.1) is 0 Å². The number of carboxylic acids is 1. The van der Waals surface area contributed by atoms with Gasteiger partial charge in [0.2, 0.25) is 0 Å². The molecule has 0 aliphatic heterocycles. The Labute approximate surface area is 159 Å². The SMILES string of the molecule is CCOc1c(C(F)(F)F)cc(C(=O)Nc2ccc(C(=O)O)cn2)cc1C(F)(F)F. The van der Waals surface area contributed by atoms with Crippen LogP contribution < -0.4 is 10.1 Å². The highest BCUT2D eigenvalue weighted by Crippen LogP contribution is 2.45. The first-order valence-electron chi connectivity index (χ1n) is 7.80. The monoisotopic (exact) mass is 422 g/mol. The van der Waals surface area contributed by atoms with E-state index in [1.54, 1.807) is 0 Å². The smallest absolute Gasteiger partial charge is 0.420 e. The summed E-state index contributed by atoms with van der Waals surface area (Å²) in [4.78, 5) is 26.5. The van der Waals surface area contributed by atoms with Crippen molar-refractivity contribution in [2.24, 2.45) is 0 Å². The number of alkyl halides is 6. The highest BCUT2D eigenvalue weighted by atomic mass is 19.4. The van der Waals surface area contributed by atoms with Crippen molar-refractivity contribution in [2.75, 3.05) is 11.9 Å². The maximum atomic E-state index is 13.3. The van der Waals surface area contributed by atoms with E-state index in [-0.39, 0.29) is 23.5 Å². The molecule has 1 heterocycles. The fourth-order valence-electron chi connectivity index (χ4n) is 2.26. The van der Waals surface area contributed by atoms with Crippen LogP contribution in [0.4, 0.5) is 32.2 Å². The second-order valence-corrected chi connectivity index (χ2v) is 5.52. The molecule has 0 radical (unpaired) electrons. The molecule has 0 aliphatic carbocycles. The summed E-state index contributed by atoms with van der Waals surface area (Å²) in [6.45, 7) is 0.755. The van der Waals surface area contributed by atoms with Crippen molar-refractivity contribution in [1.82, 2.24) is 4.98 Å². The van der Waals surface area contributed by atoms with E-state index in [9.17, 15) is 35.9 Å². The Kier molecular flexibility index (Phi) is 6.04. The molecule has 0 saturated heterocycles. The number of hydrogen-bond acceptors (Lipinski definition) is 4. The number of rotatable bonds is 5. The third-order valence-electron chi connectivity index (χ3n) is 3.50. The zero-order valence-corrected chi connectivity index (χ0v) is 14.5. The molecule has 29 heavy (non-hydrogen) atoms. The van der Waals surface area contributed by atoms with Gasteiger partial charge in [-0.2, -0.15) is 26.3 Å². The number of carbonyl (C=O) groups excluding carboxylic acids is 1. The maximum absolute atomic E-state index is 13.3. The number of aromatic nitrogens is 1. The number of hydrogen-bond donors (Lipinski definition) is 2. The van der Waals surface area contributed by atoms with Crippen molar-refractivity contribution in [1.29, 1.82) is 0 Å². The number of nitrogens with zero attached hydrogens (tertiary/aromatic N) is 1. The van der Waals surface area contributed by atoms with Crippen LogP contribution in [0.3, 0.4) is 0 Å². The number of anilines is 1. The van der Waals surface area contributed by atoms with Crippen molar-refractivity contribution < 1.29 is 45.8 Å². The number of amides is 1. The van der Waals surface area contributed by atoms with Crippen LogP contribution in [0.1, 0.15) is 38.8 Å². The molecule has 0 bridgehead atoms. The minimum atomic E-state index is -5.22. The number of carbonyl (C=O) groups is 2. The number of nitrogens with one attached hydrogen (secondary N) is 1. The van der Waals surface area contributed by atoms with Crippen LogP contribution in [0.25, 0.3) is 0 Å². The van der Waals surface area contributed by atoms with Crippen LogP contribution >= 0.6 is 0 Å². The highest BCUT2D eigenvalue weighted by Gasteiger charge is 2.43. The summed E-state index contributed by atoms with van der Waals surface area (Å²) in [5, 5.41) is 10.8. The van der Waals surface area contributed by atoms with Crippen LogP contribution in [0.15, 0.2) is 30.5 Å². The molecule has 0 unspecified atom stereocenters. The molecular weight excluding hydrogens is 410 g/mol. The Bertz CT molecular complexity index is 888. The summed E-state index contributed by atoms with van der Waals surface area (Å²) >= 11 is 0. The largest absolute Gasteiger partial charge is 0.493 e. The average molecular weight is 422 g/mol. The van der Waals surface area contributed by atoms with E-state index in [0.29, 0.717) is 0 Å². The molecule has 0 atom stereocenters. The molecule has 1 aromatic heterocycles. The highest BCUT2D eigenvalue weighted by molar-refractivity contribution is 6.04. The van der Waals surface area contributed by atoms with E-state index in [1.807, 2.05) is 5.32 Å². The summed E-state index contributed by atoms with van der Waals surface area (Å²) in [7, 11) is 0. The minimum absolute atomic E-state index is 0.234. The molecule has 156 valence electrons. The van der Waals surface area contributed by atoms with Gasteiger partial charge in [-0.05, 0) is 31.2 Å². The Morgan fingerprint density at radius 3 is 1.97 bits per heavy atom. The van der Waals surface area contributed by atoms with Gasteiger partial charge in [0, 0.05) is 11.8 Å². The molecule has 0 spiro atoms.